The number of aryl methyl sites for hydroxylation is 1. The molecule has 0 saturated heterocycles. The van der Waals surface area contributed by atoms with E-state index < -0.39 is 0 Å². The topological polar surface area (TPSA) is 51.0 Å². The number of para-hydroxylation sites is 1. The minimum Gasteiger partial charge on any atom is -0.315 e. The highest BCUT2D eigenvalue weighted by Gasteiger charge is 2.23. The van der Waals surface area contributed by atoms with Crippen LogP contribution in [0.15, 0.2) is 59.8 Å². The Morgan fingerprint density at radius 1 is 1.08 bits per heavy atom. The van der Waals surface area contributed by atoms with E-state index in [1.807, 2.05) is 67.1 Å². The molecule has 0 saturated carbocycles. The van der Waals surface area contributed by atoms with Crippen LogP contribution >= 0.6 is 11.8 Å². The fraction of sp³-hybridized carbons (Fsp3) is 0.250. The number of hydrogen-bond donors (Lipinski definition) is 0. The fourth-order valence-corrected chi connectivity index (χ4v) is 3.64. The lowest BCUT2D eigenvalue weighted by Gasteiger charge is -2.20. The van der Waals surface area contributed by atoms with Crippen molar-refractivity contribution in [2.24, 2.45) is 7.05 Å². The van der Waals surface area contributed by atoms with Gasteiger partial charge in [0, 0.05) is 25.3 Å². The Bertz CT molecular complexity index is 907. The van der Waals surface area contributed by atoms with E-state index in [1.165, 1.54) is 11.8 Å². The average molecular weight is 366 g/mol. The zero-order chi connectivity index (χ0) is 18.7. The monoisotopic (exact) mass is 366 g/mol. The van der Waals surface area contributed by atoms with Gasteiger partial charge in [-0.15, -0.1) is 10.2 Å². The highest BCUT2D eigenvalue weighted by atomic mass is 32.2. The molecule has 3 rings (SSSR count). The lowest BCUT2D eigenvalue weighted by Crippen LogP contribution is -2.33. The van der Waals surface area contributed by atoms with E-state index >= 15 is 0 Å². The van der Waals surface area contributed by atoms with E-state index in [1.54, 1.807) is 11.9 Å². The van der Waals surface area contributed by atoms with Crippen LogP contribution in [-0.4, -0.2) is 33.0 Å². The molecular weight excluding hydrogens is 344 g/mol. The third kappa shape index (κ3) is 3.65. The summed E-state index contributed by atoms with van der Waals surface area (Å²) in [6.07, 6.45) is 0. The van der Waals surface area contributed by atoms with Crippen LogP contribution in [0.3, 0.4) is 0 Å². The molecule has 0 N–H and O–H groups in total. The van der Waals surface area contributed by atoms with Crippen LogP contribution in [0.25, 0.3) is 11.4 Å². The predicted octanol–water partition coefficient (Wildman–Crippen LogP) is 3.93. The normalized spacial score (nSPS) is 12.0. The Hall–Kier alpha value is -2.60. The largest absolute Gasteiger partial charge is 0.315 e. The molecule has 0 aliphatic carbocycles. The number of carbonyl (C=O) groups excluding carboxylic acids is 1. The number of aromatic nitrogens is 3. The zero-order valence-corrected chi connectivity index (χ0v) is 16.2. The maximum atomic E-state index is 12.7. The Balaban J connectivity index is 1.77. The Labute approximate surface area is 158 Å². The van der Waals surface area contributed by atoms with E-state index in [9.17, 15) is 4.79 Å². The van der Waals surface area contributed by atoms with Crippen molar-refractivity contribution < 1.29 is 4.79 Å². The van der Waals surface area contributed by atoms with Crippen molar-refractivity contribution in [1.82, 2.24) is 14.8 Å². The summed E-state index contributed by atoms with van der Waals surface area (Å²) < 4.78 is 1.94. The summed E-state index contributed by atoms with van der Waals surface area (Å²) in [7, 11) is 3.73. The number of rotatable bonds is 5. The van der Waals surface area contributed by atoms with Gasteiger partial charge in [-0.3, -0.25) is 4.79 Å². The van der Waals surface area contributed by atoms with E-state index in [2.05, 4.69) is 23.2 Å². The van der Waals surface area contributed by atoms with E-state index in [0.29, 0.717) is 0 Å². The number of amides is 1. The lowest BCUT2D eigenvalue weighted by atomic mass is 10.1. The molecule has 1 heterocycles. The quantitative estimate of drug-likeness (QED) is 0.642. The first-order valence-corrected chi connectivity index (χ1v) is 9.31. The van der Waals surface area contributed by atoms with Gasteiger partial charge in [-0.2, -0.15) is 0 Å². The number of hydrogen-bond acceptors (Lipinski definition) is 4. The fourth-order valence-electron chi connectivity index (χ4n) is 2.74. The second-order valence-corrected chi connectivity index (χ2v) is 7.48. The molecule has 1 atom stereocenters. The number of anilines is 1. The third-order valence-corrected chi connectivity index (χ3v) is 5.45. The Kier molecular flexibility index (Phi) is 5.42. The molecule has 0 aliphatic rings. The highest BCUT2D eigenvalue weighted by Crippen LogP contribution is 2.28. The van der Waals surface area contributed by atoms with Crippen molar-refractivity contribution in [3.8, 4) is 11.4 Å². The van der Waals surface area contributed by atoms with Gasteiger partial charge in [-0.25, -0.2) is 0 Å². The molecule has 134 valence electrons. The van der Waals surface area contributed by atoms with E-state index in [-0.39, 0.29) is 11.2 Å². The summed E-state index contributed by atoms with van der Waals surface area (Å²) in [6, 6.07) is 17.7. The highest BCUT2D eigenvalue weighted by molar-refractivity contribution is 8.00. The van der Waals surface area contributed by atoms with Gasteiger partial charge in [-0.05, 0) is 31.5 Å². The smallest absolute Gasteiger partial charge is 0.240 e. The summed E-state index contributed by atoms with van der Waals surface area (Å²) >= 11 is 1.42. The van der Waals surface area contributed by atoms with Crippen LogP contribution in [-0.2, 0) is 11.8 Å². The molecule has 0 aliphatic heterocycles. The summed E-state index contributed by atoms with van der Waals surface area (Å²) in [5.41, 5.74) is 3.07. The predicted molar refractivity (Wildman–Crippen MR) is 106 cm³/mol. The Morgan fingerprint density at radius 2 is 1.73 bits per heavy atom. The molecule has 0 bridgehead atoms. The minimum absolute atomic E-state index is 0.0293. The number of benzene rings is 2. The van der Waals surface area contributed by atoms with Gasteiger partial charge in [0.1, 0.15) is 0 Å². The molecule has 1 amide bonds. The van der Waals surface area contributed by atoms with Crippen LogP contribution in [0.4, 0.5) is 5.69 Å². The van der Waals surface area contributed by atoms with Gasteiger partial charge < -0.3 is 9.47 Å². The van der Waals surface area contributed by atoms with Gasteiger partial charge in [0.05, 0.1) is 5.25 Å². The molecule has 6 heteroatoms. The lowest BCUT2D eigenvalue weighted by molar-refractivity contribution is -0.117. The first kappa shape index (κ1) is 18.2. The van der Waals surface area contributed by atoms with Crippen molar-refractivity contribution >= 4 is 23.4 Å². The van der Waals surface area contributed by atoms with Crippen LogP contribution in [0.2, 0.25) is 0 Å². The molecular formula is C20H22N4OS. The summed E-state index contributed by atoms with van der Waals surface area (Å²) in [5, 5.41) is 9.08. The molecule has 26 heavy (non-hydrogen) atoms. The van der Waals surface area contributed by atoms with E-state index in [4.69, 9.17) is 0 Å². The van der Waals surface area contributed by atoms with Gasteiger partial charge in [0.2, 0.25) is 5.91 Å². The summed E-state index contributed by atoms with van der Waals surface area (Å²) in [5.74, 6) is 0.836. The maximum Gasteiger partial charge on any atom is 0.240 e. The second kappa shape index (κ2) is 7.74. The van der Waals surface area contributed by atoms with E-state index in [0.717, 1.165) is 27.8 Å². The number of thioether (sulfide) groups is 1. The standard InChI is InChI=1S/C20H22N4OS/c1-14-10-8-9-13-17(14)18-21-22-20(24(18)4)26-15(2)19(25)23(3)16-11-6-5-7-12-16/h5-13,15H,1-4H3/t15-/m0/s1. The summed E-state index contributed by atoms with van der Waals surface area (Å²) in [4.78, 5) is 14.4. The first-order valence-electron chi connectivity index (χ1n) is 8.43. The average Bonchev–Trinajstić information content (AvgIpc) is 3.02. The number of nitrogens with zero attached hydrogens (tertiary/aromatic N) is 4. The number of carbonyl (C=O) groups is 1. The third-order valence-electron chi connectivity index (χ3n) is 4.32. The maximum absolute atomic E-state index is 12.7. The SMILES string of the molecule is Cc1ccccc1-c1nnc(S[C@@H](C)C(=O)N(C)c2ccccc2)n1C. The van der Waals surface area contributed by atoms with Crippen molar-refractivity contribution in [2.45, 2.75) is 24.3 Å². The molecule has 1 aromatic heterocycles. The molecule has 5 nitrogen and oxygen atoms in total. The van der Waals surface area contributed by atoms with Gasteiger partial charge in [-0.1, -0.05) is 54.2 Å². The first-order chi connectivity index (χ1) is 12.5. The zero-order valence-electron chi connectivity index (χ0n) is 15.4. The molecule has 0 spiro atoms. The summed E-state index contributed by atoms with van der Waals surface area (Å²) in [6.45, 7) is 3.95. The molecule has 0 unspecified atom stereocenters. The molecule has 0 fully saturated rings. The van der Waals surface area contributed by atoms with Crippen molar-refractivity contribution in [2.75, 3.05) is 11.9 Å². The van der Waals surface area contributed by atoms with Crippen molar-refractivity contribution in [1.29, 1.82) is 0 Å². The van der Waals surface area contributed by atoms with Crippen molar-refractivity contribution in [3.63, 3.8) is 0 Å². The van der Waals surface area contributed by atoms with Crippen LogP contribution in [0, 0.1) is 6.92 Å². The van der Waals surface area contributed by atoms with Gasteiger partial charge in [0.25, 0.3) is 0 Å². The second-order valence-electron chi connectivity index (χ2n) is 6.17. The molecule has 0 radical (unpaired) electrons. The van der Waals surface area contributed by atoms with Gasteiger partial charge >= 0.3 is 0 Å². The Morgan fingerprint density at radius 3 is 2.42 bits per heavy atom. The van der Waals surface area contributed by atoms with Crippen LogP contribution < -0.4 is 4.90 Å². The molecule has 2 aromatic carbocycles. The van der Waals surface area contributed by atoms with Crippen LogP contribution in [0.5, 0.6) is 0 Å². The minimum atomic E-state index is -0.271. The van der Waals surface area contributed by atoms with Crippen molar-refractivity contribution in [3.05, 3.63) is 60.2 Å². The molecule has 3 aromatic rings. The van der Waals surface area contributed by atoms with Crippen LogP contribution in [0.1, 0.15) is 12.5 Å². The van der Waals surface area contributed by atoms with Gasteiger partial charge in [0.15, 0.2) is 11.0 Å².